The number of anilines is 1. The van der Waals surface area contributed by atoms with Crippen molar-refractivity contribution < 1.29 is 18.6 Å². The highest BCUT2D eigenvalue weighted by Gasteiger charge is 2.31. The minimum absolute atomic E-state index is 0.172. The fourth-order valence-corrected chi connectivity index (χ4v) is 4.49. The minimum Gasteiger partial charge on any atom is -0.493 e. The fraction of sp³-hybridized carbons (Fsp3) is 0.240. The SMILES string of the molecule is COc1cc2c(cc1OC)[C@@H](COc1ccc(F)cc1)N(C(=S)Nc1ccc(Br)cc1)CC2. The van der Waals surface area contributed by atoms with Gasteiger partial charge in [0, 0.05) is 16.7 Å². The third kappa shape index (κ3) is 5.39. The number of nitrogens with zero attached hydrogens (tertiary/aromatic N) is 1. The van der Waals surface area contributed by atoms with E-state index in [0.29, 0.717) is 35.5 Å². The molecule has 1 N–H and O–H groups in total. The van der Waals surface area contributed by atoms with E-state index in [4.69, 9.17) is 26.4 Å². The zero-order valence-corrected chi connectivity index (χ0v) is 20.7. The Bertz CT molecular complexity index is 1130. The summed E-state index contributed by atoms with van der Waals surface area (Å²) in [5.41, 5.74) is 3.11. The second-order valence-electron chi connectivity index (χ2n) is 7.57. The summed E-state index contributed by atoms with van der Waals surface area (Å²) in [4.78, 5) is 2.12. The topological polar surface area (TPSA) is 43.0 Å². The molecule has 0 fully saturated rings. The Balaban J connectivity index is 1.63. The molecule has 0 saturated heterocycles. The molecule has 3 aromatic rings. The van der Waals surface area contributed by atoms with Crippen molar-refractivity contribution >= 4 is 38.9 Å². The Hall–Kier alpha value is -2.84. The molecular weight excluding hydrogens is 507 g/mol. The second-order valence-corrected chi connectivity index (χ2v) is 8.87. The highest BCUT2D eigenvalue weighted by Crippen LogP contribution is 2.38. The molecule has 1 heterocycles. The molecule has 1 atom stereocenters. The lowest BCUT2D eigenvalue weighted by atomic mass is 9.92. The number of nitrogens with one attached hydrogen (secondary N) is 1. The predicted octanol–water partition coefficient (Wildman–Crippen LogP) is 5.98. The Morgan fingerprint density at radius 1 is 1.06 bits per heavy atom. The molecule has 0 unspecified atom stereocenters. The van der Waals surface area contributed by atoms with Gasteiger partial charge in [0.1, 0.15) is 18.2 Å². The average Bonchev–Trinajstić information content (AvgIpc) is 2.83. The number of hydrogen-bond donors (Lipinski definition) is 1. The molecule has 33 heavy (non-hydrogen) atoms. The summed E-state index contributed by atoms with van der Waals surface area (Å²) < 4.78 is 31.4. The van der Waals surface area contributed by atoms with E-state index >= 15 is 0 Å². The molecule has 0 amide bonds. The molecule has 0 radical (unpaired) electrons. The lowest BCUT2D eigenvalue weighted by Crippen LogP contribution is -2.44. The highest BCUT2D eigenvalue weighted by molar-refractivity contribution is 9.10. The molecule has 1 aliphatic rings. The number of halogens is 2. The first-order chi connectivity index (χ1) is 16.0. The summed E-state index contributed by atoms with van der Waals surface area (Å²) in [6.45, 7) is 1.04. The van der Waals surface area contributed by atoms with Gasteiger partial charge in [0.25, 0.3) is 0 Å². The predicted molar refractivity (Wildman–Crippen MR) is 135 cm³/mol. The van der Waals surface area contributed by atoms with E-state index in [9.17, 15) is 4.39 Å². The van der Waals surface area contributed by atoms with Crippen LogP contribution >= 0.6 is 28.1 Å². The van der Waals surface area contributed by atoms with Crippen LogP contribution < -0.4 is 19.5 Å². The summed E-state index contributed by atoms with van der Waals surface area (Å²) >= 11 is 9.25. The van der Waals surface area contributed by atoms with Crippen molar-refractivity contribution in [3.05, 3.63) is 82.1 Å². The van der Waals surface area contributed by atoms with Crippen molar-refractivity contribution in [1.29, 1.82) is 0 Å². The van der Waals surface area contributed by atoms with Gasteiger partial charge in [0.05, 0.1) is 20.3 Å². The molecule has 0 saturated carbocycles. The molecule has 0 aliphatic carbocycles. The third-order valence-electron chi connectivity index (χ3n) is 5.58. The van der Waals surface area contributed by atoms with Crippen LogP contribution in [0.2, 0.25) is 0 Å². The van der Waals surface area contributed by atoms with E-state index in [1.165, 1.54) is 12.1 Å². The fourth-order valence-electron chi connectivity index (χ4n) is 3.89. The van der Waals surface area contributed by atoms with Crippen LogP contribution in [0.1, 0.15) is 17.2 Å². The highest BCUT2D eigenvalue weighted by atomic mass is 79.9. The normalized spacial score (nSPS) is 14.9. The summed E-state index contributed by atoms with van der Waals surface area (Å²) in [6, 6.07) is 17.7. The van der Waals surface area contributed by atoms with Crippen LogP contribution in [0.15, 0.2) is 65.1 Å². The van der Waals surface area contributed by atoms with Gasteiger partial charge < -0.3 is 24.4 Å². The van der Waals surface area contributed by atoms with Crippen molar-refractivity contribution in [2.45, 2.75) is 12.5 Å². The van der Waals surface area contributed by atoms with E-state index in [2.05, 4.69) is 26.1 Å². The van der Waals surface area contributed by atoms with Crippen molar-refractivity contribution in [2.24, 2.45) is 0 Å². The van der Waals surface area contributed by atoms with Crippen LogP contribution in [0.4, 0.5) is 10.1 Å². The quantitative estimate of drug-likeness (QED) is 0.395. The number of hydrogen-bond acceptors (Lipinski definition) is 4. The van der Waals surface area contributed by atoms with Gasteiger partial charge in [-0.15, -0.1) is 0 Å². The van der Waals surface area contributed by atoms with E-state index in [-0.39, 0.29) is 11.9 Å². The van der Waals surface area contributed by atoms with E-state index in [1.54, 1.807) is 26.4 Å². The lowest BCUT2D eigenvalue weighted by Gasteiger charge is -2.39. The largest absolute Gasteiger partial charge is 0.493 e. The summed E-state index contributed by atoms with van der Waals surface area (Å²) in [5.74, 6) is 1.63. The van der Waals surface area contributed by atoms with Gasteiger partial charge in [0.15, 0.2) is 16.6 Å². The van der Waals surface area contributed by atoms with Gasteiger partial charge >= 0.3 is 0 Å². The number of rotatable bonds is 6. The molecule has 0 spiro atoms. The smallest absolute Gasteiger partial charge is 0.174 e. The maximum atomic E-state index is 13.3. The standard InChI is InChI=1S/C25H24BrFN2O3S/c1-30-23-13-16-11-12-29(25(33)28-19-7-3-17(26)4-8-19)22(21(16)14-24(23)31-2)15-32-20-9-5-18(27)6-10-20/h3-10,13-14,22H,11-12,15H2,1-2H3,(H,28,33)/t22-/m1/s1. The van der Waals surface area contributed by atoms with Crippen molar-refractivity contribution in [2.75, 3.05) is 32.7 Å². The molecule has 0 aromatic heterocycles. The van der Waals surface area contributed by atoms with Crippen LogP contribution in [0.25, 0.3) is 0 Å². The minimum atomic E-state index is -0.302. The Morgan fingerprint density at radius 3 is 2.39 bits per heavy atom. The zero-order chi connectivity index (χ0) is 23.4. The summed E-state index contributed by atoms with van der Waals surface area (Å²) in [7, 11) is 3.25. The van der Waals surface area contributed by atoms with Gasteiger partial charge in [-0.25, -0.2) is 4.39 Å². The van der Waals surface area contributed by atoms with Crippen LogP contribution in [0, 0.1) is 5.82 Å². The first-order valence-corrected chi connectivity index (χ1v) is 11.6. The maximum Gasteiger partial charge on any atom is 0.174 e. The van der Waals surface area contributed by atoms with E-state index < -0.39 is 0 Å². The van der Waals surface area contributed by atoms with Crippen LogP contribution in [-0.2, 0) is 6.42 Å². The Kier molecular flexibility index (Phi) is 7.35. The van der Waals surface area contributed by atoms with Crippen LogP contribution in [0.3, 0.4) is 0 Å². The summed E-state index contributed by atoms with van der Waals surface area (Å²) in [5, 5.41) is 3.93. The van der Waals surface area contributed by atoms with Gasteiger partial charge in [-0.05, 0) is 90.4 Å². The number of methoxy groups -OCH3 is 2. The Labute approximate surface area is 206 Å². The number of thiocarbonyl (C=S) groups is 1. The molecule has 172 valence electrons. The van der Waals surface area contributed by atoms with Crippen molar-refractivity contribution in [3.63, 3.8) is 0 Å². The molecule has 4 rings (SSSR count). The molecule has 1 aliphatic heterocycles. The van der Waals surface area contributed by atoms with E-state index in [0.717, 1.165) is 27.7 Å². The van der Waals surface area contributed by atoms with Gasteiger partial charge in [0.2, 0.25) is 0 Å². The van der Waals surface area contributed by atoms with Crippen LogP contribution in [-0.4, -0.2) is 37.4 Å². The first-order valence-electron chi connectivity index (χ1n) is 10.4. The van der Waals surface area contributed by atoms with Gasteiger partial charge in [-0.2, -0.15) is 0 Å². The van der Waals surface area contributed by atoms with Crippen LogP contribution in [0.5, 0.6) is 17.2 Å². The van der Waals surface area contributed by atoms with Crippen molar-refractivity contribution in [1.82, 2.24) is 4.90 Å². The first kappa shape index (κ1) is 23.3. The maximum absolute atomic E-state index is 13.3. The molecular formula is C25H24BrFN2O3S. The number of fused-ring (bicyclic) bond motifs is 1. The number of benzene rings is 3. The monoisotopic (exact) mass is 530 g/mol. The molecule has 3 aromatic carbocycles. The zero-order valence-electron chi connectivity index (χ0n) is 18.3. The second kappa shape index (κ2) is 10.4. The molecule has 0 bridgehead atoms. The van der Waals surface area contributed by atoms with Gasteiger partial charge in [-0.3, -0.25) is 0 Å². The molecule has 8 heteroatoms. The summed E-state index contributed by atoms with van der Waals surface area (Å²) in [6.07, 6.45) is 0.797. The third-order valence-corrected chi connectivity index (χ3v) is 6.45. The average molecular weight is 531 g/mol. The Morgan fingerprint density at radius 2 is 1.73 bits per heavy atom. The number of ether oxygens (including phenoxy) is 3. The van der Waals surface area contributed by atoms with Crippen molar-refractivity contribution in [3.8, 4) is 17.2 Å². The lowest BCUT2D eigenvalue weighted by molar-refractivity contribution is 0.190. The molecule has 5 nitrogen and oxygen atoms in total. The van der Waals surface area contributed by atoms with E-state index in [1.807, 2.05) is 36.4 Å². The van der Waals surface area contributed by atoms with Gasteiger partial charge in [-0.1, -0.05) is 15.9 Å².